The summed E-state index contributed by atoms with van der Waals surface area (Å²) >= 11 is 0. The van der Waals surface area contributed by atoms with Crippen molar-refractivity contribution >= 4 is 5.91 Å². The third-order valence-corrected chi connectivity index (χ3v) is 5.53. The molecule has 4 heteroatoms. The molecular formula is C20H25N3O. The monoisotopic (exact) mass is 323 g/mol. The molecule has 1 aliphatic carbocycles. The Hall–Kier alpha value is -2.10. The lowest BCUT2D eigenvalue weighted by molar-refractivity contribution is -0.134. The van der Waals surface area contributed by atoms with E-state index in [1.165, 1.54) is 16.8 Å². The SMILES string of the molecule is Cc1cc(C)n([C@@H]2CCCN(C(=O)[C@H]3CCc4ccccc43)C2)n1. The molecule has 1 aliphatic heterocycles. The highest BCUT2D eigenvalue weighted by Gasteiger charge is 2.34. The zero-order chi connectivity index (χ0) is 16.7. The summed E-state index contributed by atoms with van der Waals surface area (Å²) in [7, 11) is 0. The van der Waals surface area contributed by atoms with Gasteiger partial charge in [0.15, 0.2) is 0 Å². The zero-order valence-corrected chi connectivity index (χ0v) is 14.5. The first-order chi connectivity index (χ1) is 11.6. The fourth-order valence-corrected chi connectivity index (χ4v) is 4.40. The molecule has 0 bridgehead atoms. The van der Waals surface area contributed by atoms with Gasteiger partial charge in [-0.05, 0) is 56.7 Å². The first-order valence-corrected chi connectivity index (χ1v) is 9.03. The molecule has 1 fully saturated rings. The molecule has 1 saturated heterocycles. The van der Waals surface area contributed by atoms with Gasteiger partial charge in [-0.15, -0.1) is 0 Å². The van der Waals surface area contributed by atoms with Gasteiger partial charge in [-0.3, -0.25) is 9.48 Å². The lowest BCUT2D eigenvalue weighted by atomic mass is 9.97. The molecule has 1 aromatic carbocycles. The summed E-state index contributed by atoms with van der Waals surface area (Å²) in [6.07, 6.45) is 4.15. The van der Waals surface area contributed by atoms with Gasteiger partial charge in [-0.2, -0.15) is 5.10 Å². The van der Waals surface area contributed by atoms with Crippen molar-refractivity contribution in [3.8, 4) is 0 Å². The maximum absolute atomic E-state index is 13.1. The van der Waals surface area contributed by atoms with Crippen molar-refractivity contribution in [1.82, 2.24) is 14.7 Å². The second kappa shape index (κ2) is 6.08. The average Bonchev–Trinajstić information content (AvgIpc) is 3.17. The Morgan fingerprint density at radius 1 is 1.21 bits per heavy atom. The van der Waals surface area contributed by atoms with Gasteiger partial charge in [-0.25, -0.2) is 0 Å². The van der Waals surface area contributed by atoms with Gasteiger partial charge >= 0.3 is 0 Å². The van der Waals surface area contributed by atoms with Crippen molar-refractivity contribution in [2.24, 2.45) is 0 Å². The van der Waals surface area contributed by atoms with Crippen LogP contribution < -0.4 is 0 Å². The van der Waals surface area contributed by atoms with Crippen LogP contribution in [0.1, 0.15) is 53.7 Å². The first kappa shape index (κ1) is 15.4. The van der Waals surface area contributed by atoms with E-state index in [4.69, 9.17) is 0 Å². The first-order valence-electron chi connectivity index (χ1n) is 9.03. The van der Waals surface area contributed by atoms with Crippen molar-refractivity contribution < 1.29 is 4.79 Å². The van der Waals surface area contributed by atoms with E-state index in [9.17, 15) is 4.79 Å². The van der Waals surface area contributed by atoms with E-state index in [2.05, 4.69) is 51.9 Å². The van der Waals surface area contributed by atoms with Crippen molar-refractivity contribution in [3.63, 3.8) is 0 Å². The molecular weight excluding hydrogens is 298 g/mol. The van der Waals surface area contributed by atoms with Crippen LogP contribution >= 0.6 is 0 Å². The van der Waals surface area contributed by atoms with Crippen molar-refractivity contribution in [2.45, 2.75) is 51.5 Å². The second-order valence-corrected chi connectivity index (χ2v) is 7.24. The summed E-state index contributed by atoms with van der Waals surface area (Å²) in [5.41, 5.74) is 4.84. The molecule has 2 aromatic rings. The second-order valence-electron chi connectivity index (χ2n) is 7.24. The molecule has 2 atom stereocenters. The molecule has 0 N–H and O–H groups in total. The van der Waals surface area contributed by atoms with Crippen LogP contribution in [0.3, 0.4) is 0 Å². The third kappa shape index (κ3) is 2.64. The number of fused-ring (bicyclic) bond motifs is 1. The highest BCUT2D eigenvalue weighted by molar-refractivity contribution is 5.85. The van der Waals surface area contributed by atoms with Gasteiger partial charge in [0.2, 0.25) is 5.91 Å². The number of benzene rings is 1. The quantitative estimate of drug-likeness (QED) is 0.849. The summed E-state index contributed by atoms with van der Waals surface area (Å²) in [6, 6.07) is 10.9. The van der Waals surface area contributed by atoms with Crippen molar-refractivity contribution in [1.29, 1.82) is 0 Å². The fourth-order valence-electron chi connectivity index (χ4n) is 4.40. The number of hydrogen-bond acceptors (Lipinski definition) is 2. The molecule has 126 valence electrons. The number of carbonyl (C=O) groups excluding carboxylic acids is 1. The minimum atomic E-state index is 0.0559. The minimum absolute atomic E-state index is 0.0559. The maximum Gasteiger partial charge on any atom is 0.230 e. The Morgan fingerprint density at radius 3 is 2.83 bits per heavy atom. The van der Waals surface area contributed by atoms with Gasteiger partial charge in [-0.1, -0.05) is 24.3 Å². The molecule has 2 heterocycles. The molecule has 0 spiro atoms. The number of aryl methyl sites for hydroxylation is 3. The molecule has 4 rings (SSSR count). The number of hydrogen-bond donors (Lipinski definition) is 0. The molecule has 2 aliphatic rings. The van der Waals surface area contributed by atoms with Crippen LogP contribution in [-0.2, 0) is 11.2 Å². The number of piperidine rings is 1. The topological polar surface area (TPSA) is 38.1 Å². The summed E-state index contributed by atoms with van der Waals surface area (Å²) in [6.45, 7) is 5.81. The van der Waals surface area contributed by atoms with E-state index in [0.717, 1.165) is 44.5 Å². The molecule has 1 amide bonds. The molecule has 1 aromatic heterocycles. The van der Waals surface area contributed by atoms with Crippen molar-refractivity contribution in [3.05, 3.63) is 52.8 Å². The van der Waals surface area contributed by atoms with E-state index >= 15 is 0 Å². The summed E-state index contributed by atoms with van der Waals surface area (Å²) in [5, 5.41) is 4.64. The van der Waals surface area contributed by atoms with Crippen LogP contribution in [0.5, 0.6) is 0 Å². The maximum atomic E-state index is 13.1. The molecule has 0 unspecified atom stereocenters. The van der Waals surface area contributed by atoms with Crippen LogP contribution in [0.2, 0.25) is 0 Å². The van der Waals surface area contributed by atoms with Gasteiger partial charge < -0.3 is 4.90 Å². The van der Waals surface area contributed by atoms with Crippen LogP contribution in [0.4, 0.5) is 0 Å². The van der Waals surface area contributed by atoms with E-state index < -0.39 is 0 Å². The number of nitrogens with zero attached hydrogens (tertiary/aromatic N) is 3. The van der Waals surface area contributed by atoms with Gasteiger partial charge in [0.25, 0.3) is 0 Å². The average molecular weight is 323 g/mol. The lowest BCUT2D eigenvalue weighted by Crippen LogP contribution is -2.43. The summed E-state index contributed by atoms with van der Waals surface area (Å²) < 4.78 is 2.12. The molecule has 0 saturated carbocycles. The molecule has 4 nitrogen and oxygen atoms in total. The fraction of sp³-hybridized carbons (Fsp3) is 0.500. The van der Waals surface area contributed by atoms with E-state index in [1.807, 2.05) is 6.92 Å². The number of amides is 1. The Bertz CT molecular complexity index is 764. The predicted molar refractivity (Wildman–Crippen MR) is 94.1 cm³/mol. The normalized spacial score (nSPS) is 23.3. The predicted octanol–water partition coefficient (Wildman–Crippen LogP) is 3.39. The van der Waals surface area contributed by atoms with Gasteiger partial charge in [0.1, 0.15) is 0 Å². The summed E-state index contributed by atoms with van der Waals surface area (Å²) in [5.74, 6) is 0.367. The van der Waals surface area contributed by atoms with Crippen LogP contribution in [0.15, 0.2) is 30.3 Å². The zero-order valence-electron chi connectivity index (χ0n) is 14.5. The van der Waals surface area contributed by atoms with E-state index in [0.29, 0.717) is 11.9 Å². The Labute approximate surface area is 143 Å². The number of carbonyl (C=O) groups is 1. The number of likely N-dealkylation sites (tertiary alicyclic amines) is 1. The largest absolute Gasteiger partial charge is 0.340 e. The standard InChI is InChI=1S/C20H25N3O/c1-14-12-15(2)23(21-14)17-7-5-11-22(13-17)20(24)19-10-9-16-6-3-4-8-18(16)19/h3-4,6,8,12,17,19H,5,7,9-11,13H2,1-2H3/t17-,19+/m1/s1. The Kier molecular flexibility index (Phi) is 3.91. The smallest absolute Gasteiger partial charge is 0.230 e. The van der Waals surface area contributed by atoms with E-state index in [1.54, 1.807) is 0 Å². The number of aromatic nitrogens is 2. The number of rotatable bonds is 2. The van der Waals surface area contributed by atoms with Crippen molar-refractivity contribution in [2.75, 3.05) is 13.1 Å². The van der Waals surface area contributed by atoms with Crippen LogP contribution in [0, 0.1) is 13.8 Å². The highest BCUT2D eigenvalue weighted by atomic mass is 16.2. The third-order valence-electron chi connectivity index (χ3n) is 5.53. The summed E-state index contributed by atoms with van der Waals surface area (Å²) in [4.78, 5) is 15.2. The lowest BCUT2D eigenvalue weighted by Gasteiger charge is -2.35. The van der Waals surface area contributed by atoms with Crippen LogP contribution in [0.25, 0.3) is 0 Å². The molecule has 24 heavy (non-hydrogen) atoms. The van der Waals surface area contributed by atoms with Gasteiger partial charge in [0, 0.05) is 18.8 Å². The highest BCUT2D eigenvalue weighted by Crippen LogP contribution is 2.35. The minimum Gasteiger partial charge on any atom is -0.340 e. The Balaban J connectivity index is 1.52. The Morgan fingerprint density at radius 2 is 2.04 bits per heavy atom. The van der Waals surface area contributed by atoms with Crippen LogP contribution in [-0.4, -0.2) is 33.7 Å². The van der Waals surface area contributed by atoms with Gasteiger partial charge in [0.05, 0.1) is 17.7 Å². The molecule has 0 radical (unpaired) electrons. The van der Waals surface area contributed by atoms with E-state index in [-0.39, 0.29) is 5.92 Å².